The van der Waals surface area contributed by atoms with Crippen molar-refractivity contribution < 1.29 is 24.2 Å². The number of hydrogen-bond acceptors (Lipinski definition) is 5. The number of amides is 1. The third-order valence-corrected chi connectivity index (χ3v) is 5.25. The summed E-state index contributed by atoms with van der Waals surface area (Å²) in [6, 6.07) is 18.7. The standard InChI is InChI=1S/C26H21ClN2O5/c1-16-7-3-4-8-18(16)15-34-24-21(27)12-17(13-23(24)33-2)11-19(14-28)25(30)29-22-10-6-5-9-20(22)26(31)32/h3-13H,15H2,1-2H3,(H,29,30)(H,31,32)/b19-11+. The maximum Gasteiger partial charge on any atom is 0.337 e. The number of rotatable bonds is 8. The average molecular weight is 477 g/mol. The van der Waals surface area contributed by atoms with Gasteiger partial charge in [-0.25, -0.2) is 4.79 Å². The smallest absolute Gasteiger partial charge is 0.337 e. The van der Waals surface area contributed by atoms with E-state index in [2.05, 4.69) is 5.32 Å². The van der Waals surface area contributed by atoms with Gasteiger partial charge in [0, 0.05) is 0 Å². The number of carboxylic acids is 1. The number of hydrogen-bond donors (Lipinski definition) is 2. The molecule has 0 aliphatic carbocycles. The lowest BCUT2D eigenvalue weighted by Gasteiger charge is -2.14. The Kier molecular flexibility index (Phi) is 7.91. The van der Waals surface area contributed by atoms with Gasteiger partial charge in [-0.1, -0.05) is 48.0 Å². The van der Waals surface area contributed by atoms with Crippen LogP contribution in [0, 0.1) is 18.3 Å². The van der Waals surface area contributed by atoms with Gasteiger partial charge < -0.3 is 19.9 Å². The fourth-order valence-electron chi connectivity index (χ4n) is 3.17. The molecule has 7 nitrogen and oxygen atoms in total. The van der Waals surface area contributed by atoms with Gasteiger partial charge in [0.25, 0.3) is 5.91 Å². The maximum absolute atomic E-state index is 12.6. The van der Waals surface area contributed by atoms with Crippen LogP contribution in [0.3, 0.4) is 0 Å². The van der Waals surface area contributed by atoms with E-state index in [1.807, 2.05) is 37.3 Å². The Morgan fingerprint density at radius 2 is 1.85 bits per heavy atom. The number of carbonyl (C=O) groups excluding carboxylic acids is 1. The topological polar surface area (TPSA) is 109 Å². The molecule has 3 aromatic rings. The molecule has 1 amide bonds. The molecule has 0 fully saturated rings. The van der Waals surface area contributed by atoms with Gasteiger partial charge in [-0.05, 0) is 54.0 Å². The molecular weight excluding hydrogens is 456 g/mol. The van der Waals surface area contributed by atoms with E-state index in [0.717, 1.165) is 11.1 Å². The number of anilines is 1. The molecule has 0 aliphatic rings. The lowest BCUT2D eigenvalue weighted by atomic mass is 10.1. The van der Waals surface area contributed by atoms with Crippen molar-refractivity contribution in [3.63, 3.8) is 0 Å². The Bertz CT molecular complexity index is 1310. The second kappa shape index (κ2) is 11.0. The number of nitriles is 1. The number of methoxy groups -OCH3 is 1. The largest absolute Gasteiger partial charge is 0.493 e. The quantitative estimate of drug-likeness (QED) is 0.329. The fourth-order valence-corrected chi connectivity index (χ4v) is 3.44. The van der Waals surface area contributed by atoms with Crippen LogP contribution in [0.1, 0.15) is 27.0 Å². The molecule has 0 saturated carbocycles. The summed E-state index contributed by atoms with van der Waals surface area (Å²) in [5.41, 5.74) is 2.25. The predicted octanol–water partition coefficient (Wildman–Crippen LogP) is 5.48. The minimum absolute atomic E-state index is 0.0803. The number of aromatic carboxylic acids is 1. The van der Waals surface area contributed by atoms with E-state index in [0.29, 0.717) is 17.1 Å². The van der Waals surface area contributed by atoms with E-state index >= 15 is 0 Å². The van der Waals surface area contributed by atoms with E-state index in [9.17, 15) is 20.0 Å². The number of nitrogens with zero attached hydrogens (tertiary/aromatic N) is 1. The molecule has 0 atom stereocenters. The van der Waals surface area contributed by atoms with Crippen LogP contribution in [0.25, 0.3) is 6.08 Å². The van der Waals surface area contributed by atoms with Gasteiger partial charge in [0.1, 0.15) is 18.2 Å². The average Bonchev–Trinajstić information content (AvgIpc) is 2.82. The summed E-state index contributed by atoms with van der Waals surface area (Å²) in [7, 11) is 1.46. The van der Waals surface area contributed by atoms with Crippen LogP contribution in [0.2, 0.25) is 5.02 Å². The van der Waals surface area contributed by atoms with Gasteiger partial charge in [-0.2, -0.15) is 5.26 Å². The van der Waals surface area contributed by atoms with Gasteiger partial charge in [0.05, 0.1) is 23.4 Å². The Labute approximate surface area is 201 Å². The zero-order valence-corrected chi connectivity index (χ0v) is 19.2. The molecule has 3 rings (SSSR count). The minimum Gasteiger partial charge on any atom is -0.493 e. The summed E-state index contributed by atoms with van der Waals surface area (Å²) >= 11 is 6.43. The Morgan fingerprint density at radius 3 is 2.53 bits per heavy atom. The van der Waals surface area contributed by atoms with Crippen molar-refractivity contribution in [3.8, 4) is 17.6 Å². The van der Waals surface area contributed by atoms with E-state index in [1.54, 1.807) is 18.2 Å². The number of para-hydroxylation sites is 1. The van der Waals surface area contributed by atoms with E-state index in [1.165, 1.54) is 31.4 Å². The van der Waals surface area contributed by atoms with Crippen LogP contribution in [-0.4, -0.2) is 24.1 Å². The summed E-state index contributed by atoms with van der Waals surface area (Å²) in [5, 5.41) is 21.5. The number of aryl methyl sites for hydroxylation is 1. The molecule has 172 valence electrons. The van der Waals surface area contributed by atoms with Crippen LogP contribution in [-0.2, 0) is 11.4 Å². The molecule has 2 N–H and O–H groups in total. The lowest BCUT2D eigenvalue weighted by molar-refractivity contribution is -0.112. The molecule has 0 spiro atoms. The number of halogens is 1. The first-order chi connectivity index (χ1) is 16.3. The Hall–Kier alpha value is -4.28. The first-order valence-corrected chi connectivity index (χ1v) is 10.5. The van der Waals surface area contributed by atoms with Crippen molar-refractivity contribution in [2.45, 2.75) is 13.5 Å². The molecule has 0 saturated heterocycles. The molecule has 0 unspecified atom stereocenters. The molecule has 0 bridgehead atoms. The highest BCUT2D eigenvalue weighted by molar-refractivity contribution is 6.32. The van der Waals surface area contributed by atoms with Gasteiger partial charge >= 0.3 is 5.97 Å². The zero-order valence-electron chi connectivity index (χ0n) is 18.5. The first-order valence-electron chi connectivity index (χ1n) is 10.1. The summed E-state index contributed by atoms with van der Waals surface area (Å²) < 4.78 is 11.3. The number of benzene rings is 3. The summed E-state index contributed by atoms with van der Waals surface area (Å²) in [6.45, 7) is 2.27. The van der Waals surface area contributed by atoms with Gasteiger partial charge in [0.2, 0.25) is 0 Å². The van der Waals surface area contributed by atoms with E-state index in [-0.39, 0.29) is 28.5 Å². The Morgan fingerprint density at radius 1 is 1.15 bits per heavy atom. The van der Waals surface area contributed by atoms with Gasteiger partial charge in [-0.15, -0.1) is 0 Å². The van der Waals surface area contributed by atoms with Crippen LogP contribution in [0.4, 0.5) is 5.69 Å². The normalized spacial score (nSPS) is 10.8. The minimum atomic E-state index is -1.20. The molecular formula is C26H21ClN2O5. The van der Waals surface area contributed by atoms with Crippen molar-refractivity contribution >= 4 is 35.2 Å². The number of nitrogens with one attached hydrogen (secondary N) is 1. The van der Waals surface area contributed by atoms with E-state index < -0.39 is 11.9 Å². The van der Waals surface area contributed by atoms with Crippen molar-refractivity contribution in [2.75, 3.05) is 12.4 Å². The third-order valence-electron chi connectivity index (χ3n) is 4.97. The highest BCUT2D eigenvalue weighted by Gasteiger charge is 2.17. The van der Waals surface area contributed by atoms with E-state index in [4.69, 9.17) is 21.1 Å². The summed E-state index contributed by atoms with van der Waals surface area (Å²) in [5.74, 6) is -1.29. The van der Waals surface area contributed by atoms with Crippen LogP contribution in [0.5, 0.6) is 11.5 Å². The molecule has 8 heteroatoms. The van der Waals surface area contributed by atoms with Crippen LogP contribution < -0.4 is 14.8 Å². The molecule has 0 aliphatic heterocycles. The molecule has 3 aromatic carbocycles. The second-order valence-corrected chi connectivity index (χ2v) is 7.63. The van der Waals surface area contributed by atoms with Crippen LogP contribution >= 0.6 is 11.6 Å². The fraction of sp³-hybridized carbons (Fsp3) is 0.115. The molecule has 0 aromatic heterocycles. The number of carbonyl (C=O) groups is 2. The maximum atomic E-state index is 12.6. The zero-order chi connectivity index (χ0) is 24.7. The second-order valence-electron chi connectivity index (χ2n) is 7.22. The monoisotopic (exact) mass is 476 g/mol. The molecule has 0 radical (unpaired) electrons. The Balaban J connectivity index is 1.85. The van der Waals surface area contributed by atoms with Crippen LogP contribution in [0.15, 0.2) is 66.2 Å². The van der Waals surface area contributed by atoms with Crippen molar-refractivity contribution in [1.82, 2.24) is 0 Å². The lowest BCUT2D eigenvalue weighted by Crippen LogP contribution is -2.16. The number of ether oxygens (including phenoxy) is 2. The number of carboxylic acid groups (broad SMARTS) is 1. The summed E-state index contributed by atoms with van der Waals surface area (Å²) in [6.07, 6.45) is 1.33. The molecule has 34 heavy (non-hydrogen) atoms. The van der Waals surface area contributed by atoms with Crippen molar-refractivity contribution in [3.05, 3.63) is 93.5 Å². The SMILES string of the molecule is COc1cc(/C=C(\C#N)C(=O)Nc2ccccc2C(=O)O)cc(Cl)c1OCc1ccccc1C. The molecule has 0 heterocycles. The first kappa shape index (κ1) is 24.4. The van der Waals surface area contributed by atoms with Crippen molar-refractivity contribution in [2.24, 2.45) is 0 Å². The van der Waals surface area contributed by atoms with Crippen molar-refractivity contribution in [1.29, 1.82) is 5.26 Å². The van der Waals surface area contributed by atoms with Gasteiger partial charge in [-0.3, -0.25) is 4.79 Å². The highest BCUT2D eigenvalue weighted by Crippen LogP contribution is 2.37. The summed E-state index contributed by atoms with van der Waals surface area (Å²) in [4.78, 5) is 24.0. The highest BCUT2D eigenvalue weighted by atomic mass is 35.5. The van der Waals surface area contributed by atoms with Gasteiger partial charge in [0.15, 0.2) is 11.5 Å². The predicted molar refractivity (Wildman–Crippen MR) is 129 cm³/mol. The third kappa shape index (κ3) is 5.74.